The zero-order valence-electron chi connectivity index (χ0n) is 2.27. The molecule has 0 heterocycles. The monoisotopic (exact) mass is 121 g/mol. The molecular formula is C2H2CuO2. The molecule has 3 heteroatoms. The minimum atomic E-state index is 0.469. The van der Waals surface area contributed by atoms with Crippen molar-refractivity contribution in [1.82, 2.24) is 0 Å². The summed E-state index contributed by atoms with van der Waals surface area (Å²) < 4.78 is 0. The molecule has 0 rings (SSSR count). The molecule has 0 N–H and O–H groups in total. The van der Waals surface area contributed by atoms with Crippen LogP contribution in [0.25, 0.3) is 0 Å². The fourth-order valence-electron chi connectivity index (χ4n) is 0.0168. The maximum absolute atomic E-state index is 9.13. The summed E-state index contributed by atoms with van der Waals surface area (Å²) in [6, 6.07) is 0. The molecule has 0 spiro atoms. The molecule has 0 unspecified atom stereocenters. The van der Waals surface area contributed by atoms with Crippen LogP contribution in [0.1, 0.15) is 0 Å². The average molecular weight is 122 g/mol. The standard InChI is InChI=1S/2CHO.Cu/c2*1-2;/h2*1H;. The Balaban J connectivity index is 2.65. The second kappa shape index (κ2) is 3.86. The van der Waals surface area contributed by atoms with E-state index in [1.807, 2.05) is 0 Å². The van der Waals surface area contributed by atoms with Crippen molar-refractivity contribution < 1.29 is 24.5 Å². The van der Waals surface area contributed by atoms with Gasteiger partial charge in [-0.25, -0.2) is 0 Å². The third kappa shape index (κ3) is 3.86. The van der Waals surface area contributed by atoms with Crippen LogP contribution in [-0.2, 0) is 24.5 Å². The van der Waals surface area contributed by atoms with Gasteiger partial charge in [0.05, 0.1) is 0 Å². The van der Waals surface area contributed by atoms with Crippen LogP contribution < -0.4 is 0 Å². The van der Waals surface area contributed by atoms with Gasteiger partial charge in [-0.05, 0) is 0 Å². The molecule has 33 valence electrons. The Kier molecular flexibility index (Phi) is 3.75. The molecule has 0 fully saturated rings. The van der Waals surface area contributed by atoms with Crippen LogP contribution in [0, 0.1) is 0 Å². The number of carbonyl (C=O) groups excluding carboxylic acids is 2. The maximum atomic E-state index is 9.13. The first-order valence-corrected chi connectivity index (χ1v) is 1.91. The summed E-state index contributed by atoms with van der Waals surface area (Å²) in [4.78, 5) is 18.3. The first-order chi connectivity index (χ1) is 2.41. The number of carbonyl (C=O) groups is 2. The molecule has 0 radical (unpaired) electrons. The molecule has 0 aromatic rings. The van der Waals surface area contributed by atoms with E-state index < -0.39 is 0 Å². The van der Waals surface area contributed by atoms with Crippen molar-refractivity contribution in [3.63, 3.8) is 0 Å². The molecule has 0 aliphatic carbocycles. The van der Waals surface area contributed by atoms with Crippen molar-refractivity contribution in [2.24, 2.45) is 0 Å². The van der Waals surface area contributed by atoms with E-state index in [2.05, 4.69) is 0 Å². The van der Waals surface area contributed by atoms with Crippen LogP contribution >= 0.6 is 0 Å². The Bertz CT molecular complexity index is 36.9. The van der Waals surface area contributed by atoms with Gasteiger partial charge in [-0.3, -0.25) is 0 Å². The first kappa shape index (κ1) is 4.86. The predicted molar refractivity (Wildman–Crippen MR) is 13.5 cm³/mol. The zero-order valence-corrected chi connectivity index (χ0v) is 3.21. The molecule has 0 aliphatic heterocycles. The molecule has 0 amide bonds. The van der Waals surface area contributed by atoms with Crippen LogP contribution in [0.3, 0.4) is 0 Å². The summed E-state index contributed by atoms with van der Waals surface area (Å²) in [5.41, 5.74) is 0. The van der Waals surface area contributed by atoms with Crippen LogP contribution in [-0.4, -0.2) is 10.4 Å². The Morgan fingerprint density at radius 2 is 1.60 bits per heavy atom. The molecule has 0 saturated heterocycles. The Morgan fingerprint density at radius 1 is 1.20 bits per heavy atom. The van der Waals surface area contributed by atoms with Gasteiger partial charge in [0.1, 0.15) is 0 Å². The summed E-state index contributed by atoms with van der Waals surface area (Å²) >= 11 is 0.674. The van der Waals surface area contributed by atoms with E-state index in [9.17, 15) is 0 Å². The van der Waals surface area contributed by atoms with Crippen LogP contribution in [0.2, 0.25) is 0 Å². The van der Waals surface area contributed by atoms with Gasteiger partial charge in [0, 0.05) is 0 Å². The van der Waals surface area contributed by atoms with Gasteiger partial charge in [0.25, 0.3) is 0 Å². The fourth-order valence-corrected chi connectivity index (χ4v) is 0.0691. The van der Waals surface area contributed by atoms with Gasteiger partial charge in [-0.1, -0.05) is 0 Å². The Labute approximate surface area is 35.7 Å². The van der Waals surface area contributed by atoms with E-state index in [-0.39, 0.29) is 0 Å². The third-order valence-electron chi connectivity index (χ3n) is 0.0821. The fraction of sp³-hybridized carbons (Fsp3) is 0. The van der Waals surface area contributed by atoms with Crippen molar-refractivity contribution >= 4 is 10.4 Å². The topological polar surface area (TPSA) is 34.1 Å². The molecule has 0 aliphatic rings. The summed E-state index contributed by atoms with van der Waals surface area (Å²) in [6.07, 6.45) is 0. The second-order valence-corrected chi connectivity index (χ2v) is 1.00. The molecule has 5 heavy (non-hydrogen) atoms. The number of hydrogen-bond acceptors (Lipinski definition) is 2. The number of rotatable bonds is 2. The molecule has 0 aromatic heterocycles. The van der Waals surface area contributed by atoms with E-state index in [4.69, 9.17) is 9.59 Å². The predicted octanol–water partition coefficient (Wildman–Crippen LogP) is -0.551. The van der Waals surface area contributed by atoms with Crippen molar-refractivity contribution in [1.29, 1.82) is 0 Å². The summed E-state index contributed by atoms with van der Waals surface area (Å²) in [6.45, 7) is 0. The normalized spacial score (nSPS) is 7.20. The van der Waals surface area contributed by atoms with Gasteiger partial charge in [-0.15, -0.1) is 0 Å². The molecule has 0 atom stereocenters. The van der Waals surface area contributed by atoms with Crippen molar-refractivity contribution in [3.05, 3.63) is 0 Å². The molecular weight excluding hydrogens is 120 g/mol. The Morgan fingerprint density at radius 3 is 1.60 bits per heavy atom. The Hall–Kier alpha value is -0.141. The molecule has 0 aromatic carbocycles. The van der Waals surface area contributed by atoms with Crippen molar-refractivity contribution in [2.75, 3.05) is 0 Å². The minimum absolute atomic E-state index is 0.469. The molecule has 0 saturated carbocycles. The van der Waals surface area contributed by atoms with E-state index in [0.29, 0.717) is 25.3 Å². The zero-order chi connectivity index (χ0) is 4.12. The first-order valence-electron chi connectivity index (χ1n) is 0.820. The van der Waals surface area contributed by atoms with Crippen molar-refractivity contribution in [2.45, 2.75) is 0 Å². The van der Waals surface area contributed by atoms with E-state index >= 15 is 0 Å². The van der Waals surface area contributed by atoms with Crippen LogP contribution in [0.15, 0.2) is 0 Å². The van der Waals surface area contributed by atoms with Crippen molar-refractivity contribution in [3.8, 4) is 0 Å². The molecule has 2 nitrogen and oxygen atoms in total. The van der Waals surface area contributed by atoms with Gasteiger partial charge in [-0.2, -0.15) is 0 Å². The van der Waals surface area contributed by atoms with Gasteiger partial charge < -0.3 is 0 Å². The summed E-state index contributed by atoms with van der Waals surface area (Å²) in [5.74, 6) is 0. The van der Waals surface area contributed by atoms with E-state index in [1.54, 1.807) is 0 Å². The van der Waals surface area contributed by atoms with Gasteiger partial charge >= 0.3 is 34.9 Å². The average Bonchev–Trinajstić information content (AvgIpc) is 1.41. The van der Waals surface area contributed by atoms with E-state index in [1.165, 1.54) is 0 Å². The van der Waals surface area contributed by atoms with Crippen LogP contribution in [0.4, 0.5) is 0 Å². The van der Waals surface area contributed by atoms with Gasteiger partial charge in [0.15, 0.2) is 0 Å². The molecule has 0 bridgehead atoms. The third-order valence-corrected chi connectivity index (χ3v) is 0.338. The summed E-state index contributed by atoms with van der Waals surface area (Å²) in [5, 5.41) is 0.938. The summed E-state index contributed by atoms with van der Waals surface area (Å²) in [7, 11) is 0. The quantitative estimate of drug-likeness (QED) is 0.363. The van der Waals surface area contributed by atoms with Gasteiger partial charge in [0.2, 0.25) is 0 Å². The van der Waals surface area contributed by atoms with Crippen LogP contribution in [0.5, 0.6) is 0 Å². The van der Waals surface area contributed by atoms with E-state index in [0.717, 1.165) is 0 Å². The number of hydrogen-bond donors (Lipinski definition) is 0. The second-order valence-electron chi connectivity index (χ2n) is 0.243. The SMILES string of the molecule is O=[CH][Cu][CH]=O.